The zero-order chi connectivity index (χ0) is 10.7. The van der Waals surface area contributed by atoms with Crippen LogP contribution in [0.2, 0.25) is 0 Å². The van der Waals surface area contributed by atoms with Crippen LogP contribution in [-0.4, -0.2) is 24.8 Å². The summed E-state index contributed by atoms with van der Waals surface area (Å²) >= 11 is 0. The second-order valence-electron chi connectivity index (χ2n) is 5.28. The Hall–Kier alpha value is -0.0800. The van der Waals surface area contributed by atoms with Crippen LogP contribution < -0.4 is 5.32 Å². The molecule has 1 N–H and O–H groups in total. The Bertz CT molecular complexity index is 189. The van der Waals surface area contributed by atoms with Gasteiger partial charge in [-0.25, -0.2) is 0 Å². The van der Waals surface area contributed by atoms with Crippen molar-refractivity contribution < 1.29 is 4.74 Å². The first-order valence-corrected chi connectivity index (χ1v) is 6.68. The molecule has 0 aromatic heterocycles. The van der Waals surface area contributed by atoms with E-state index < -0.39 is 0 Å². The molecule has 2 aliphatic rings. The van der Waals surface area contributed by atoms with Crippen molar-refractivity contribution in [1.82, 2.24) is 5.32 Å². The summed E-state index contributed by atoms with van der Waals surface area (Å²) < 4.78 is 6.18. The van der Waals surface area contributed by atoms with Gasteiger partial charge in [-0.15, -0.1) is 0 Å². The summed E-state index contributed by atoms with van der Waals surface area (Å²) in [5, 5.41) is 3.48. The lowest BCUT2D eigenvalue weighted by molar-refractivity contribution is -0.0954. The predicted octanol–water partition coefficient (Wildman–Crippen LogP) is 2.72. The first kappa shape index (κ1) is 11.4. The number of hydrogen-bond donors (Lipinski definition) is 1. The van der Waals surface area contributed by atoms with E-state index in [0.29, 0.717) is 12.2 Å². The van der Waals surface area contributed by atoms with E-state index in [4.69, 9.17) is 4.74 Å². The summed E-state index contributed by atoms with van der Waals surface area (Å²) in [7, 11) is 0. The van der Waals surface area contributed by atoms with Crippen LogP contribution >= 0.6 is 0 Å². The average Bonchev–Trinajstić information content (AvgIpc) is 2.18. The Morgan fingerprint density at radius 1 is 1.20 bits per heavy atom. The number of rotatable bonds is 4. The average molecular weight is 211 g/mol. The van der Waals surface area contributed by atoms with Crippen molar-refractivity contribution in [1.29, 1.82) is 0 Å². The van der Waals surface area contributed by atoms with Crippen LogP contribution in [0.1, 0.15) is 52.4 Å². The Kier molecular flexibility index (Phi) is 4.04. The molecule has 15 heavy (non-hydrogen) atoms. The third kappa shape index (κ3) is 2.94. The lowest BCUT2D eigenvalue weighted by Crippen LogP contribution is -2.47. The summed E-state index contributed by atoms with van der Waals surface area (Å²) in [6, 6.07) is 0.735. The van der Waals surface area contributed by atoms with Crippen LogP contribution in [0.15, 0.2) is 0 Å². The number of hydrogen-bond acceptors (Lipinski definition) is 2. The van der Waals surface area contributed by atoms with Crippen molar-refractivity contribution in [2.75, 3.05) is 6.54 Å². The Balaban J connectivity index is 1.65. The molecule has 0 radical (unpaired) electrons. The zero-order valence-electron chi connectivity index (χ0n) is 10.2. The highest BCUT2D eigenvalue weighted by Gasteiger charge is 2.33. The van der Waals surface area contributed by atoms with E-state index in [0.717, 1.165) is 18.5 Å². The molecule has 2 fully saturated rings. The number of ether oxygens (including phenoxy) is 1. The van der Waals surface area contributed by atoms with Crippen LogP contribution in [0.4, 0.5) is 0 Å². The van der Waals surface area contributed by atoms with E-state index in [1.165, 1.54) is 38.5 Å². The molecule has 2 nitrogen and oxygen atoms in total. The van der Waals surface area contributed by atoms with Gasteiger partial charge < -0.3 is 10.1 Å². The minimum absolute atomic E-state index is 0.555. The highest BCUT2D eigenvalue weighted by atomic mass is 16.5. The summed E-state index contributed by atoms with van der Waals surface area (Å²) in [4.78, 5) is 0. The molecule has 2 unspecified atom stereocenters. The molecule has 0 aliphatic heterocycles. The van der Waals surface area contributed by atoms with Gasteiger partial charge in [0, 0.05) is 6.04 Å². The van der Waals surface area contributed by atoms with Gasteiger partial charge in [-0.1, -0.05) is 26.7 Å². The fourth-order valence-electron chi connectivity index (χ4n) is 2.86. The van der Waals surface area contributed by atoms with E-state index in [2.05, 4.69) is 19.2 Å². The maximum atomic E-state index is 6.18. The van der Waals surface area contributed by atoms with Gasteiger partial charge in [-0.05, 0) is 38.1 Å². The Labute approximate surface area is 93.8 Å². The minimum Gasteiger partial charge on any atom is -0.375 e. The van der Waals surface area contributed by atoms with Crippen molar-refractivity contribution >= 4 is 0 Å². The van der Waals surface area contributed by atoms with Gasteiger partial charge in [-0.2, -0.15) is 0 Å². The molecule has 2 aliphatic carbocycles. The van der Waals surface area contributed by atoms with Crippen molar-refractivity contribution in [3.63, 3.8) is 0 Å². The van der Waals surface area contributed by atoms with Crippen LogP contribution in [0.25, 0.3) is 0 Å². The lowest BCUT2D eigenvalue weighted by atomic mass is 9.85. The van der Waals surface area contributed by atoms with Crippen molar-refractivity contribution in [2.45, 2.75) is 70.6 Å². The van der Waals surface area contributed by atoms with Crippen LogP contribution in [0.5, 0.6) is 0 Å². The monoisotopic (exact) mass is 211 g/mol. The van der Waals surface area contributed by atoms with Crippen molar-refractivity contribution in [3.8, 4) is 0 Å². The van der Waals surface area contributed by atoms with E-state index in [9.17, 15) is 0 Å². The maximum Gasteiger partial charge on any atom is 0.0608 e. The Morgan fingerprint density at radius 2 is 1.93 bits per heavy atom. The first-order valence-electron chi connectivity index (χ1n) is 6.68. The van der Waals surface area contributed by atoms with Gasteiger partial charge in [0.15, 0.2) is 0 Å². The molecule has 2 saturated carbocycles. The van der Waals surface area contributed by atoms with Gasteiger partial charge in [0.1, 0.15) is 0 Å². The standard InChI is InChI=1S/C13H25NO/c1-3-14-11-8-12(9-11)15-13-7-5-4-6-10(13)2/h10-14H,3-9H2,1-2H3. The maximum absolute atomic E-state index is 6.18. The summed E-state index contributed by atoms with van der Waals surface area (Å²) in [5.41, 5.74) is 0. The van der Waals surface area contributed by atoms with Crippen molar-refractivity contribution in [3.05, 3.63) is 0 Å². The van der Waals surface area contributed by atoms with Crippen LogP contribution in [-0.2, 0) is 4.74 Å². The van der Waals surface area contributed by atoms with E-state index in [1.807, 2.05) is 0 Å². The van der Waals surface area contributed by atoms with E-state index in [-0.39, 0.29) is 0 Å². The van der Waals surface area contributed by atoms with Gasteiger partial charge in [0.05, 0.1) is 12.2 Å². The minimum atomic E-state index is 0.555. The molecule has 0 saturated heterocycles. The van der Waals surface area contributed by atoms with Gasteiger partial charge >= 0.3 is 0 Å². The predicted molar refractivity (Wildman–Crippen MR) is 63.0 cm³/mol. The fraction of sp³-hybridized carbons (Fsp3) is 1.00. The molecule has 0 aromatic rings. The van der Waals surface area contributed by atoms with Crippen molar-refractivity contribution in [2.24, 2.45) is 5.92 Å². The van der Waals surface area contributed by atoms with Gasteiger partial charge in [-0.3, -0.25) is 0 Å². The smallest absolute Gasteiger partial charge is 0.0608 e. The van der Waals surface area contributed by atoms with Crippen LogP contribution in [0, 0.1) is 5.92 Å². The molecular weight excluding hydrogens is 186 g/mol. The highest BCUT2D eigenvalue weighted by molar-refractivity contribution is 4.87. The lowest BCUT2D eigenvalue weighted by Gasteiger charge is -2.40. The van der Waals surface area contributed by atoms with Gasteiger partial charge in [0.2, 0.25) is 0 Å². The normalized spacial score (nSPS) is 41.2. The Morgan fingerprint density at radius 3 is 2.60 bits per heavy atom. The quantitative estimate of drug-likeness (QED) is 0.772. The molecule has 2 atom stereocenters. The fourth-order valence-corrected chi connectivity index (χ4v) is 2.86. The SMILES string of the molecule is CCNC1CC(OC2CCCCC2C)C1. The third-order valence-electron chi connectivity index (χ3n) is 3.99. The third-order valence-corrected chi connectivity index (χ3v) is 3.99. The molecule has 0 aromatic carbocycles. The summed E-state index contributed by atoms with van der Waals surface area (Å²) in [6.07, 6.45) is 9.03. The summed E-state index contributed by atoms with van der Waals surface area (Å²) in [6.45, 7) is 5.62. The molecule has 2 rings (SSSR count). The topological polar surface area (TPSA) is 21.3 Å². The van der Waals surface area contributed by atoms with Gasteiger partial charge in [0.25, 0.3) is 0 Å². The first-order chi connectivity index (χ1) is 7.29. The molecule has 0 amide bonds. The molecule has 88 valence electrons. The summed E-state index contributed by atoms with van der Waals surface area (Å²) in [5.74, 6) is 0.789. The second kappa shape index (κ2) is 5.31. The van der Waals surface area contributed by atoms with E-state index >= 15 is 0 Å². The largest absolute Gasteiger partial charge is 0.375 e. The molecule has 0 spiro atoms. The number of nitrogens with one attached hydrogen (secondary N) is 1. The molecular formula is C13H25NO. The molecule has 0 heterocycles. The molecule has 0 bridgehead atoms. The highest BCUT2D eigenvalue weighted by Crippen LogP contribution is 2.32. The van der Waals surface area contributed by atoms with Crippen LogP contribution in [0.3, 0.4) is 0 Å². The van der Waals surface area contributed by atoms with E-state index in [1.54, 1.807) is 0 Å². The zero-order valence-corrected chi connectivity index (χ0v) is 10.2. The second-order valence-corrected chi connectivity index (χ2v) is 5.28. The molecule has 2 heteroatoms.